The Morgan fingerprint density at radius 2 is 1.90 bits per heavy atom. The van der Waals surface area contributed by atoms with E-state index in [1.807, 2.05) is 6.07 Å². The maximum atomic E-state index is 12.9. The average Bonchev–Trinajstić information content (AvgIpc) is 3.45. The van der Waals surface area contributed by atoms with E-state index in [1.54, 1.807) is 31.1 Å². The van der Waals surface area contributed by atoms with Crippen LogP contribution in [0.2, 0.25) is 0 Å². The van der Waals surface area contributed by atoms with Gasteiger partial charge in [-0.1, -0.05) is 18.2 Å². The lowest BCUT2D eigenvalue weighted by Crippen LogP contribution is -2.15. The van der Waals surface area contributed by atoms with Gasteiger partial charge in [0.25, 0.3) is 0 Å². The molecule has 4 rings (SSSR count). The van der Waals surface area contributed by atoms with Crippen LogP contribution in [-0.4, -0.2) is 39.2 Å². The number of hydrogen-bond donors (Lipinski definition) is 2. The van der Waals surface area contributed by atoms with E-state index in [9.17, 15) is 13.2 Å². The summed E-state index contributed by atoms with van der Waals surface area (Å²) in [5.41, 5.74) is 0.762. The second kappa shape index (κ2) is 7.77. The second-order valence-electron chi connectivity index (χ2n) is 7.28. The summed E-state index contributed by atoms with van der Waals surface area (Å²) >= 11 is 0. The molecular weight excluding hydrogens is 395 g/mol. The van der Waals surface area contributed by atoms with Crippen LogP contribution in [0.15, 0.2) is 30.3 Å². The van der Waals surface area contributed by atoms with E-state index in [4.69, 9.17) is 0 Å². The third kappa shape index (κ3) is 4.76. The van der Waals surface area contributed by atoms with Crippen LogP contribution in [0.4, 0.5) is 30.9 Å². The molecule has 2 N–H and O–H groups in total. The minimum Gasteiger partial charge on any atom is -0.347 e. The van der Waals surface area contributed by atoms with Crippen LogP contribution in [0.25, 0.3) is 12.2 Å². The van der Waals surface area contributed by atoms with Gasteiger partial charge in [-0.3, -0.25) is 5.10 Å². The maximum absolute atomic E-state index is 12.9. The number of nitrogens with zero attached hydrogens (tertiary/aromatic N) is 5. The number of aromatic amines is 1. The van der Waals surface area contributed by atoms with Crippen LogP contribution >= 0.6 is 0 Å². The molecule has 1 aromatic carbocycles. The Kier molecular flexibility index (Phi) is 5.15. The zero-order valence-corrected chi connectivity index (χ0v) is 16.4. The second-order valence-corrected chi connectivity index (χ2v) is 7.28. The zero-order valence-electron chi connectivity index (χ0n) is 16.4. The van der Waals surface area contributed by atoms with Crippen molar-refractivity contribution >= 4 is 29.9 Å². The van der Waals surface area contributed by atoms with E-state index in [1.165, 1.54) is 12.1 Å². The highest BCUT2D eigenvalue weighted by Crippen LogP contribution is 2.39. The SMILES string of the molecule is CN(C)c1nc(/C=C/c2cccc(C(F)(F)F)c2)nc(Nc2cc(C3CC3)[nH]n2)n1. The van der Waals surface area contributed by atoms with Gasteiger partial charge in [-0.2, -0.15) is 33.2 Å². The van der Waals surface area contributed by atoms with Crippen molar-refractivity contribution < 1.29 is 13.2 Å². The minimum atomic E-state index is -4.39. The minimum absolute atomic E-state index is 0.297. The van der Waals surface area contributed by atoms with Gasteiger partial charge in [-0.25, -0.2) is 0 Å². The van der Waals surface area contributed by atoms with E-state index in [0.29, 0.717) is 35.0 Å². The molecule has 1 saturated carbocycles. The molecule has 30 heavy (non-hydrogen) atoms. The fourth-order valence-electron chi connectivity index (χ4n) is 2.82. The van der Waals surface area contributed by atoms with E-state index < -0.39 is 11.7 Å². The van der Waals surface area contributed by atoms with Crippen molar-refractivity contribution in [3.05, 3.63) is 53.0 Å². The van der Waals surface area contributed by atoms with Crippen molar-refractivity contribution in [2.24, 2.45) is 0 Å². The summed E-state index contributed by atoms with van der Waals surface area (Å²) in [5, 5.41) is 10.3. The largest absolute Gasteiger partial charge is 0.416 e. The molecule has 1 aliphatic carbocycles. The molecule has 2 aromatic heterocycles. The van der Waals surface area contributed by atoms with Gasteiger partial charge in [-0.15, -0.1) is 0 Å². The number of hydrogen-bond acceptors (Lipinski definition) is 6. The summed E-state index contributed by atoms with van der Waals surface area (Å²) in [5.74, 6) is 2.15. The molecule has 1 fully saturated rings. The van der Waals surface area contributed by atoms with Gasteiger partial charge in [-0.05, 0) is 36.6 Å². The van der Waals surface area contributed by atoms with Gasteiger partial charge in [0.1, 0.15) is 0 Å². The summed E-state index contributed by atoms with van der Waals surface area (Å²) in [7, 11) is 3.58. The summed E-state index contributed by atoms with van der Waals surface area (Å²) in [6, 6.07) is 6.99. The smallest absolute Gasteiger partial charge is 0.347 e. The number of anilines is 3. The van der Waals surface area contributed by atoms with Crippen molar-refractivity contribution in [3.8, 4) is 0 Å². The molecule has 3 aromatic rings. The van der Waals surface area contributed by atoms with Crippen LogP contribution in [0, 0.1) is 0 Å². The number of rotatable bonds is 6. The molecule has 1 aliphatic rings. The Morgan fingerprint density at radius 1 is 1.10 bits per heavy atom. The summed E-state index contributed by atoms with van der Waals surface area (Å²) in [6.07, 6.45) is 1.00. The summed E-state index contributed by atoms with van der Waals surface area (Å²) in [6.45, 7) is 0. The molecule has 2 heterocycles. The normalized spacial score (nSPS) is 14.3. The van der Waals surface area contributed by atoms with Gasteiger partial charge >= 0.3 is 6.18 Å². The van der Waals surface area contributed by atoms with Crippen molar-refractivity contribution in [1.82, 2.24) is 25.1 Å². The highest BCUT2D eigenvalue weighted by molar-refractivity contribution is 5.68. The number of alkyl halides is 3. The van der Waals surface area contributed by atoms with Gasteiger partial charge in [0.2, 0.25) is 11.9 Å². The van der Waals surface area contributed by atoms with Crippen LogP contribution in [0.3, 0.4) is 0 Å². The Balaban J connectivity index is 1.58. The topological polar surface area (TPSA) is 82.6 Å². The lowest BCUT2D eigenvalue weighted by atomic mass is 10.1. The predicted octanol–water partition coefficient (Wildman–Crippen LogP) is 4.47. The molecular formula is C20H20F3N7. The lowest BCUT2D eigenvalue weighted by Gasteiger charge is -2.12. The van der Waals surface area contributed by atoms with Gasteiger partial charge in [0.15, 0.2) is 11.6 Å². The van der Waals surface area contributed by atoms with E-state index in [-0.39, 0.29) is 0 Å². The highest BCUT2D eigenvalue weighted by atomic mass is 19.4. The van der Waals surface area contributed by atoms with Gasteiger partial charge in [0, 0.05) is 31.8 Å². The van der Waals surface area contributed by atoms with Crippen LogP contribution in [0.1, 0.15) is 41.4 Å². The molecule has 0 radical (unpaired) electrons. The third-order valence-electron chi connectivity index (χ3n) is 4.53. The standard InChI is InChI=1S/C20H20F3N7/c1-30(2)19-26-16(9-6-12-4-3-5-14(10-12)20(21,22)23)24-18(27-19)25-17-11-15(28-29-17)13-7-8-13/h3-6,9-11,13H,7-8H2,1-2H3,(H2,24,25,26,27,28,29)/b9-6+. The average molecular weight is 415 g/mol. The monoisotopic (exact) mass is 415 g/mol. The van der Waals surface area contributed by atoms with Crippen LogP contribution in [-0.2, 0) is 6.18 Å². The quantitative estimate of drug-likeness (QED) is 0.618. The molecule has 0 saturated heterocycles. The first-order chi connectivity index (χ1) is 14.3. The molecule has 0 amide bonds. The van der Waals surface area contributed by atoms with Crippen LogP contribution < -0.4 is 10.2 Å². The first-order valence-corrected chi connectivity index (χ1v) is 9.39. The zero-order chi connectivity index (χ0) is 21.3. The predicted molar refractivity (Wildman–Crippen MR) is 108 cm³/mol. The maximum Gasteiger partial charge on any atom is 0.416 e. The van der Waals surface area contributed by atoms with Gasteiger partial charge in [0.05, 0.1) is 5.56 Å². The Labute approximate surface area is 171 Å². The molecule has 0 atom stereocenters. The molecule has 0 spiro atoms. The lowest BCUT2D eigenvalue weighted by molar-refractivity contribution is -0.137. The number of benzene rings is 1. The van der Waals surface area contributed by atoms with Crippen molar-refractivity contribution in [2.75, 3.05) is 24.3 Å². The number of halogens is 3. The first kappa shape index (κ1) is 19.9. The Hall–Kier alpha value is -3.43. The summed E-state index contributed by atoms with van der Waals surface area (Å²) < 4.78 is 38.7. The van der Waals surface area contributed by atoms with Crippen molar-refractivity contribution in [2.45, 2.75) is 24.9 Å². The fraction of sp³-hybridized carbons (Fsp3) is 0.300. The molecule has 10 heteroatoms. The molecule has 0 bridgehead atoms. The molecule has 0 aliphatic heterocycles. The van der Waals surface area contributed by atoms with Crippen molar-refractivity contribution in [1.29, 1.82) is 0 Å². The molecule has 7 nitrogen and oxygen atoms in total. The molecule has 0 unspecified atom stereocenters. The van der Waals surface area contributed by atoms with Gasteiger partial charge < -0.3 is 10.2 Å². The Bertz CT molecular complexity index is 1070. The van der Waals surface area contributed by atoms with E-state index in [2.05, 4.69) is 30.5 Å². The van der Waals surface area contributed by atoms with Crippen molar-refractivity contribution in [3.63, 3.8) is 0 Å². The fourth-order valence-corrected chi connectivity index (χ4v) is 2.82. The van der Waals surface area contributed by atoms with E-state index >= 15 is 0 Å². The summed E-state index contributed by atoms with van der Waals surface area (Å²) in [4.78, 5) is 14.7. The van der Waals surface area contributed by atoms with Crippen LogP contribution in [0.5, 0.6) is 0 Å². The third-order valence-corrected chi connectivity index (χ3v) is 4.53. The van der Waals surface area contributed by atoms with E-state index in [0.717, 1.165) is 30.7 Å². The number of nitrogens with one attached hydrogen (secondary N) is 2. The number of aromatic nitrogens is 5. The number of H-pyrrole nitrogens is 1. The Morgan fingerprint density at radius 3 is 2.60 bits per heavy atom. The molecule has 156 valence electrons. The highest BCUT2D eigenvalue weighted by Gasteiger charge is 2.30. The first-order valence-electron chi connectivity index (χ1n) is 9.39.